The van der Waals surface area contributed by atoms with Crippen LogP contribution in [0.1, 0.15) is 12.5 Å². The van der Waals surface area contributed by atoms with Crippen LogP contribution in [0.15, 0.2) is 51.1 Å². The molecule has 3 heterocycles. The number of fused-ring (bicyclic) bond motifs is 3. The molecular formula is C20H21N7O3. The summed E-state index contributed by atoms with van der Waals surface area (Å²) in [6, 6.07) is 9.61. The molecule has 10 heteroatoms. The highest BCUT2D eigenvalue weighted by Gasteiger charge is 2.27. The molecule has 30 heavy (non-hydrogen) atoms. The number of nitrogens with zero attached hydrogens (tertiary/aromatic N) is 6. The molecular weight excluding hydrogens is 386 g/mol. The first kappa shape index (κ1) is 19.4. The maximum atomic E-state index is 13.2. The summed E-state index contributed by atoms with van der Waals surface area (Å²) in [6.07, 6.45) is 3.62. The lowest BCUT2D eigenvalue weighted by molar-refractivity contribution is -0.116. The maximum Gasteiger partial charge on any atom is 0.332 e. The Morgan fingerprint density at radius 2 is 1.97 bits per heavy atom. The Labute approximate surface area is 171 Å². The third-order valence-electron chi connectivity index (χ3n) is 4.82. The Kier molecular flexibility index (Phi) is 4.82. The van der Waals surface area contributed by atoms with E-state index in [2.05, 4.69) is 10.1 Å². The van der Waals surface area contributed by atoms with Crippen LogP contribution in [-0.2, 0) is 24.9 Å². The van der Waals surface area contributed by atoms with E-state index in [0.29, 0.717) is 18.2 Å². The molecule has 4 rings (SSSR count). The summed E-state index contributed by atoms with van der Waals surface area (Å²) < 4.78 is 4.16. The van der Waals surface area contributed by atoms with Crippen molar-refractivity contribution < 1.29 is 4.79 Å². The third kappa shape index (κ3) is 3.32. The molecule has 2 N–H and O–H groups in total. The number of hydrazone groups is 1. The van der Waals surface area contributed by atoms with Crippen LogP contribution in [0.2, 0.25) is 0 Å². The van der Waals surface area contributed by atoms with Crippen molar-refractivity contribution in [1.82, 2.24) is 18.7 Å². The van der Waals surface area contributed by atoms with Crippen LogP contribution in [-0.4, -0.2) is 36.8 Å². The van der Waals surface area contributed by atoms with E-state index in [-0.39, 0.29) is 24.3 Å². The number of primary amides is 1. The van der Waals surface area contributed by atoms with E-state index in [9.17, 15) is 14.4 Å². The molecule has 2 aromatic heterocycles. The number of aryl methyl sites for hydroxylation is 1. The Morgan fingerprint density at radius 3 is 2.67 bits per heavy atom. The summed E-state index contributed by atoms with van der Waals surface area (Å²) in [5.41, 5.74) is 6.58. The highest BCUT2D eigenvalue weighted by Crippen LogP contribution is 2.23. The van der Waals surface area contributed by atoms with Crippen molar-refractivity contribution in [2.24, 2.45) is 17.9 Å². The number of amides is 1. The fourth-order valence-corrected chi connectivity index (χ4v) is 3.49. The summed E-state index contributed by atoms with van der Waals surface area (Å²) in [7, 11) is 1.56. The summed E-state index contributed by atoms with van der Waals surface area (Å²) in [4.78, 5) is 41.9. The molecule has 0 saturated heterocycles. The monoisotopic (exact) mass is 407 g/mol. The second-order valence-electron chi connectivity index (χ2n) is 7.10. The minimum atomic E-state index is -0.579. The zero-order chi connectivity index (χ0) is 21.4. The summed E-state index contributed by atoms with van der Waals surface area (Å²) >= 11 is 0. The number of benzene rings is 1. The van der Waals surface area contributed by atoms with E-state index >= 15 is 0 Å². The molecule has 0 unspecified atom stereocenters. The molecule has 0 fully saturated rings. The molecule has 0 spiro atoms. The van der Waals surface area contributed by atoms with E-state index in [1.807, 2.05) is 36.4 Å². The first-order chi connectivity index (χ1) is 14.4. The molecule has 1 amide bonds. The highest BCUT2D eigenvalue weighted by atomic mass is 16.2. The van der Waals surface area contributed by atoms with Gasteiger partial charge in [-0.05, 0) is 12.5 Å². The van der Waals surface area contributed by atoms with E-state index in [4.69, 9.17) is 5.73 Å². The van der Waals surface area contributed by atoms with Gasteiger partial charge in [0, 0.05) is 13.6 Å². The summed E-state index contributed by atoms with van der Waals surface area (Å²) in [5, 5.41) is 5.66. The number of rotatable bonds is 5. The Morgan fingerprint density at radius 1 is 1.23 bits per heavy atom. The average molecular weight is 407 g/mol. The van der Waals surface area contributed by atoms with Gasteiger partial charge in [-0.25, -0.2) is 9.80 Å². The quantitative estimate of drug-likeness (QED) is 0.652. The molecule has 0 aliphatic carbocycles. The summed E-state index contributed by atoms with van der Waals surface area (Å²) in [5.74, 6) is -0.275. The van der Waals surface area contributed by atoms with Gasteiger partial charge in [-0.2, -0.15) is 10.1 Å². The van der Waals surface area contributed by atoms with Crippen molar-refractivity contribution in [2.45, 2.75) is 20.0 Å². The van der Waals surface area contributed by atoms with Crippen LogP contribution in [0.5, 0.6) is 0 Å². The van der Waals surface area contributed by atoms with Gasteiger partial charge in [0.1, 0.15) is 6.54 Å². The normalized spacial score (nSPS) is 13.7. The second-order valence-corrected chi connectivity index (χ2v) is 7.10. The van der Waals surface area contributed by atoms with Crippen LogP contribution in [0.25, 0.3) is 17.2 Å². The van der Waals surface area contributed by atoms with Gasteiger partial charge in [0.15, 0.2) is 11.2 Å². The minimum absolute atomic E-state index is 0.120. The largest absolute Gasteiger partial charge is 0.368 e. The SMILES string of the molecule is CC1=NN(CC(N)=O)c2nc3c(c(=O)n(CC=Cc4ccccc4)c(=O)n3C)n2C1. The fourth-order valence-electron chi connectivity index (χ4n) is 3.49. The third-order valence-corrected chi connectivity index (χ3v) is 4.82. The van der Waals surface area contributed by atoms with Crippen molar-refractivity contribution >= 4 is 34.8 Å². The van der Waals surface area contributed by atoms with Gasteiger partial charge >= 0.3 is 5.69 Å². The molecule has 0 bridgehead atoms. The highest BCUT2D eigenvalue weighted by molar-refractivity contribution is 5.89. The van der Waals surface area contributed by atoms with Crippen molar-refractivity contribution in [2.75, 3.05) is 11.6 Å². The molecule has 0 saturated carbocycles. The van der Waals surface area contributed by atoms with Crippen LogP contribution in [0.3, 0.4) is 0 Å². The lowest BCUT2D eigenvalue weighted by Gasteiger charge is -2.23. The Balaban J connectivity index is 1.82. The molecule has 10 nitrogen and oxygen atoms in total. The van der Waals surface area contributed by atoms with Crippen LogP contribution in [0, 0.1) is 0 Å². The first-order valence-corrected chi connectivity index (χ1v) is 9.38. The number of carbonyl (C=O) groups is 1. The summed E-state index contributed by atoms with van der Waals surface area (Å²) in [6.45, 7) is 2.05. The number of carbonyl (C=O) groups excluding carboxylic acids is 1. The van der Waals surface area contributed by atoms with Gasteiger partial charge in [-0.3, -0.25) is 23.3 Å². The van der Waals surface area contributed by atoms with E-state index in [0.717, 1.165) is 10.1 Å². The van der Waals surface area contributed by atoms with Crippen LogP contribution >= 0.6 is 0 Å². The zero-order valence-electron chi connectivity index (χ0n) is 16.6. The Hall–Kier alpha value is -3.95. The molecule has 0 radical (unpaired) electrons. The van der Waals surface area contributed by atoms with Gasteiger partial charge in [0.25, 0.3) is 5.56 Å². The molecule has 1 aromatic carbocycles. The first-order valence-electron chi connectivity index (χ1n) is 9.38. The number of nitrogens with two attached hydrogens (primary N) is 1. The lowest BCUT2D eigenvalue weighted by Crippen LogP contribution is -2.40. The predicted octanol–water partition coefficient (Wildman–Crippen LogP) is 0.291. The van der Waals surface area contributed by atoms with Crippen molar-refractivity contribution in [1.29, 1.82) is 0 Å². The van der Waals surface area contributed by atoms with Gasteiger partial charge in [-0.15, -0.1) is 0 Å². The molecule has 0 atom stereocenters. The van der Waals surface area contributed by atoms with Crippen molar-refractivity contribution in [3.8, 4) is 0 Å². The van der Waals surface area contributed by atoms with Gasteiger partial charge in [0.05, 0.1) is 12.3 Å². The number of hydrogen-bond acceptors (Lipinski definition) is 6. The van der Waals surface area contributed by atoms with Crippen LogP contribution in [0.4, 0.5) is 5.95 Å². The smallest absolute Gasteiger partial charge is 0.332 e. The fraction of sp³-hybridized carbons (Fsp3) is 0.250. The average Bonchev–Trinajstić information content (AvgIpc) is 3.09. The molecule has 154 valence electrons. The predicted molar refractivity (Wildman–Crippen MR) is 114 cm³/mol. The van der Waals surface area contributed by atoms with Crippen LogP contribution < -0.4 is 22.0 Å². The van der Waals surface area contributed by atoms with Crippen molar-refractivity contribution in [3.63, 3.8) is 0 Å². The number of aromatic nitrogens is 4. The van der Waals surface area contributed by atoms with Gasteiger partial charge in [-0.1, -0.05) is 42.5 Å². The number of anilines is 1. The number of hydrogen-bond donors (Lipinski definition) is 1. The van der Waals surface area contributed by atoms with Crippen molar-refractivity contribution in [3.05, 3.63) is 62.8 Å². The molecule has 1 aliphatic heterocycles. The van der Waals surface area contributed by atoms with Gasteiger partial charge < -0.3 is 5.73 Å². The minimum Gasteiger partial charge on any atom is -0.368 e. The maximum absolute atomic E-state index is 13.2. The number of allylic oxidation sites excluding steroid dienone is 1. The second kappa shape index (κ2) is 7.47. The van der Waals surface area contributed by atoms with E-state index < -0.39 is 17.2 Å². The number of imidazole rings is 1. The van der Waals surface area contributed by atoms with Gasteiger partial charge in [0.2, 0.25) is 11.9 Å². The lowest BCUT2D eigenvalue weighted by atomic mass is 10.2. The standard InChI is InChI=1S/C20H21N7O3/c1-13-11-26-16-17(22-19(26)27(23-13)12-15(21)28)24(2)20(30)25(18(16)29)10-6-9-14-7-4-3-5-8-14/h3-9H,10-12H2,1-2H3,(H2,21,28). The molecule has 1 aliphatic rings. The topological polar surface area (TPSA) is 121 Å². The van der Waals surface area contributed by atoms with E-state index in [1.54, 1.807) is 24.6 Å². The zero-order valence-corrected chi connectivity index (χ0v) is 16.6. The van der Waals surface area contributed by atoms with E-state index in [1.165, 1.54) is 9.58 Å². The molecule has 3 aromatic rings. The Bertz CT molecular complexity index is 1310.